The summed E-state index contributed by atoms with van der Waals surface area (Å²) in [5, 5.41) is 3.03. The minimum Gasteiger partial charge on any atom is -0.447 e. The molecule has 1 N–H and O–H groups in total. The quantitative estimate of drug-likeness (QED) is 0.840. The predicted molar refractivity (Wildman–Crippen MR) is 82.5 cm³/mol. The van der Waals surface area contributed by atoms with Crippen LogP contribution in [0.3, 0.4) is 0 Å². The van der Waals surface area contributed by atoms with Gasteiger partial charge in [-0.2, -0.15) is 4.31 Å². The molecule has 1 aromatic rings. The molecule has 120 valence electrons. The van der Waals surface area contributed by atoms with Gasteiger partial charge in [0.2, 0.25) is 5.09 Å². The highest BCUT2D eigenvalue weighted by molar-refractivity contribution is 7.89. The second kappa shape index (κ2) is 6.94. The lowest BCUT2D eigenvalue weighted by atomic mass is 10.2. The molecule has 1 saturated carbocycles. The maximum atomic E-state index is 12.9. The molecule has 0 atom stereocenters. The first-order chi connectivity index (χ1) is 9.95. The average Bonchev–Trinajstić information content (AvgIpc) is 3.07. The molecule has 0 unspecified atom stereocenters. The van der Waals surface area contributed by atoms with Gasteiger partial charge in [-0.15, -0.1) is 0 Å². The summed E-state index contributed by atoms with van der Waals surface area (Å²) in [5.74, 6) is 0.944. The Bertz CT molecular complexity index is 545. The minimum atomic E-state index is -3.54. The standard InChI is InChI=1S/C15H26N2O3S/c1-12(2)11-17(13-6-4-5-7-13)21(18,19)15-9-8-14(20-15)10-16-3/h8-9,12-13,16H,4-7,10-11H2,1-3H3. The third kappa shape index (κ3) is 3.87. The molecule has 5 nitrogen and oxygen atoms in total. The van der Waals surface area contributed by atoms with Gasteiger partial charge < -0.3 is 9.73 Å². The fourth-order valence-corrected chi connectivity index (χ4v) is 4.66. The molecule has 0 saturated heterocycles. The van der Waals surface area contributed by atoms with E-state index >= 15 is 0 Å². The molecule has 0 radical (unpaired) electrons. The monoisotopic (exact) mass is 314 g/mol. The zero-order valence-corrected chi connectivity index (χ0v) is 13.9. The SMILES string of the molecule is CNCc1ccc(S(=O)(=O)N(CC(C)C)C2CCCC2)o1. The molecular weight excluding hydrogens is 288 g/mol. The Morgan fingerprint density at radius 3 is 2.57 bits per heavy atom. The molecule has 1 aromatic heterocycles. The van der Waals surface area contributed by atoms with E-state index in [1.807, 2.05) is 13.8 Å². The van der Waals surface area contributed by atoms with Crippen molar-refractivity contribution >= 4 is 10.0 Å². The van der Waals surface area contributed by atoms with Crippen molar-refractivity contribution in [3.05, 3.63) is 17.9 Å². The van der Waals surface area contributed by atoms with Gasteiger partial charge in [-0.05, 0) is 37.9 Å². The number of nitrogens with one attached hydrogen (secondary N) is 1. The summed E-state index contributed by atoms with van der Waals surface area (Å²) in [6.07, 6.45) is 4.13. The van der Waals surface area contributed by atoms with Crippen molar-refractivity contribution in [3.63, 3.8) is 0 Å². The summed E-state index contributed by atoms with van der Waals surface area (Å²) < 4.78 is 32.9. The van der Waals surface area contributed by atoms with Crippen molar-refractivity contribution in [2.24, 2.45) is 5.92 Å². The van der Waals surface area contributed by atoms with E-state index in [0.29, 0.717) is 24.8 Å². The van der Waals surface area contributed by atoms with Crippen molar-refractivity contribution in [2.75, 3.05) is 13.6 Å². The van der Waals surface area contributed by atoms with E-state index in [4.69, 9.17) is 4.42 Å². The number of nitrogens with zero attached hydrogens (tertiary/aromatic N) is 1. The van der Waals surface area contributed by atoms with Gasteiger partial charge in [0, 0.05) is 12.6 Å². The van der Waals surface area contributed by atoms with Crippen LogP contribution in [0, 0.1) is 5.92 Å². The zero-order chi connectivity index (χ0) is 15.5. The summed E-state index contributed by atoms with van der Waals surface area (Å²) in [4.78, 5) is 0. The second-order valence-corrected chi connectivity index (χ2v) is 7.98. The van der Waals surface area contributed by atoms with E-state index in [9.17, 15) is 8.42 Å². The van der Waals surface area contributed by atoms with E-state index in [-0.39, 0.29) is 11.1 Å². The van der Waals surface area contributed by atoms with Gasteiger partial charge >= 0.3 is 0 Å². The number of sulfonamides is 1. The molecule has 1 aliphatic rings. The summed E-state index contributed by atoms with van der Waals surface area (Å²) in [7, 11) is -1.73. The van der Waals surface area contributed by atoms with Crippen LogP contribution in [-0.2, 0) is 16.6 Å². The van der Waals surface area contributed by atoms with Gasteiger partial charge in [0.05, 0.1) is 6.54 Å². The molecule has 0 spiro atoms. The van der Waals surface area contributed by atoms with Crippen LogP contribution >= 0.6 is 0 Å². The Morgan fingerprint density at radius 1 is 1.33 bits per heavy atom. The topological polar surface area (TPSA) is 62.6 Å². The van der Waals surface area contributed by atoms with E-state index < -0.39 is 10.0 Å². The fourth-order valence-electron chi connectivity index (χ4n) is 2.88. The predicted octanol–water partition coefficient (Wildman–Crippen LogP) is 2.59. The highest BCUT2D eigenvalue weighted by Crippen LogP contribution is 2.30. The largest absolute Gasteiger partial charge is 0.447 e. The summed E-state index contributed by atoms with van der Waals surface area (Å²) >= 11 is 0. The second-order valence-electron chi connectivity index (χ2n) is 6.16. The maximum absolute atomic E-state index is 12.9. The van der Waals surface area contributed by atoms with Crippen molar-refractivity contribution in [3.8, 4) is 0 Å². The number of hydrogen-bond acceptors (Lipinski definition) is 4. The molecule has 1 fully saturated rings. The minimum absolute atomic E-state index is 0.0697. The van der Waals surface area contributed by atoms with Crippen molar-refractivity contribution in [1.82, 2.24) is 9.62 Å². The zero-order valence-electron chi connectivity index (χ0n) is 13.1. The van der Waals surface area contributed by atoms with Crippen LogP contribution in [0.25, 0.3) is 0 Å². The first kappa shape index (κ1) is 16.5. The van der Waals surface area contributed by atoms with E-state index in [1.54, 1.807) is 23.5 Å². The Balaban J connectivity index is 2.26. The molecule has 0 bridgehead atoms. The maximum Gasteiger partial charge on any atom is 0.276 e. The van der Waals surface area contributed by atoms with Crippen LogP contribution in [0.1, 0.15) is 45.3 Å². The highest BCUT2D eigenvalue weighted by Gasteiger charge is 2.35. The van der Waals surface area contributed by atoms with Crippen LogP contribution in [0.4, 0.5) is 0 Å². The highest BCUT2D eigenvalue weighted by atomic mass is 32.2. The van der Waals surface area contributed by atoms with Crippen molar-refractivity contribution < 1.29 is 12.8 Å². The summed E-state index contributed by atoms with van der Waals surface area (Å²) in [6, 6.07) is 3.42. The third-order valence-electron chi connectivity index (χ3n) is 3.83. The molecule has 1 heterocycles. The number of hydrogen-bond donors (Lipinski definition) is 1. The van der Waals surface area contributed by atoms with Crippen molar-refractivity contribution in [2.45, 2.75) is 57.2 Å². The summed E-state index contributed by atoms with van der Waals surface area (Å²) in [5.41, 5.74) is 0. The molecule has 0 aliphatic heterocycles. The van der Waals surface area contributed by atoms with E-state index in [2.05, 4.69) is 5.32 Å². The smallest absolute Gasteiger partial charge is 0.276 e. The van der Waals surface area contributed by atoms with Crippen LogP contribution in [0.2, 0.25) is 0 Å². The van der Waals surface area contributed by atoms with Crippen LogP contribution in [0.5, 0.6) is 0 Å². The van der Waals surface area contributed by atoms with Gasteiger partial charge in [-0.3, -0.25) is 0 Å². The van der Waals surface area contributed by atoms with Gasteiger partial charge in [0.1, 0.15) is 5.76 Å². The van der Waals surface area contributed by atoms with Crippen LogP contribution in [-0.4, -0.2) is 32.4 Å². The molecule has 1 aliphatic carbocycles. The molecule has 6 heteroatoms. The number of rotatable bonds is 7. The van der Waals surface area contributed by atoms with E-state index in [1.165, 1.54) is 0 Å². The van der Waals surface area contributed by atoms with E-state index in [0.717, 1.165) is 25.7 Å². The first-order valence-electron chi connectivity index (χ1n) is 7.70. The van der Waals surface area contributed by atoms with Crippen LogP contribution in [0.15, 0.2) is 21.6 Å². The van der Waals surface area contributed by atoms with Gasteiger partial charge in [-0.25, -0.2) is 8.42 Å². The molecule has 0 aromatic carbocycles. The molecule has 21 heavy (non-hydrogen) atoms. The number of furan rings is 1. The summed E-state index contributed by atoms with van der Waals surface area (Å²) in [6.45, 7) is 5.18. The lowest BCUT2D eigenvalue weighted by Crippen LogP contribution is -2.41. The molecular formula is C15H26N2O3S. The Labute approximate surface area is 127 Å². The van der Waals surface area contributed by atoms with Crippen LogP contribution < -0.4 is 5.32 Å². The fraction of sp³-hybridized carbons (Fsp3) is 0.733. The Hall–Kier alpha value is -0.850. The lowest BCUT2D eigenvalue weighted by molar-refractivity contribution is 0.281. The molecule has 0 amide bonds. The normalized spacial score (nSPS) is 17.2. The van der Waals surface area contributed by atoms with Gasteiger partial charge in [0.25, 0.3) is 10.0 Å². The average molecular weight is 314 g/mol. The van der Waals surface area contributed by atoms with Gasteiger partial charge in [0.15, 0.2) is 0 Å². The third-order valence-corrected chi connectivity index (χ3v) is 5.62. The first-order valence-corrected chi connectivity index (χ1v) is 9.14. The molecule has 2 rings (SSSR count). The van der Waals surface area contributed by atoms with Gasteiger partial charge in [-0.1, -0.05) is 26.7 Å². The Morgan fingerprint density at radius 2 is 2.00 bits per heavy atom. The lowest BCUT2D eigenvalue weighted by Gasteiger charge is -2.28. The Kier molecular flexibility index (Phi) is 5.46. The van der Waals surface area contributed by atoms with Crippen molar-refractivity contribution in [1.29, 1.82) is 0 Å².